The maximum Gasteiger partial charge on any atom is 0.0593 e. The molecule has 1 atom stereocenters. The highest BCUT2D eigenvalue weighted by Gasteiger charge is 2.35. The van der Waals surface area contributed by atoms with Gasteiger partial charge >= 0.3 is 0 Å². The van der Waals surface area contributed by atoms with Gasteiger partial charge in [-0.1, -0.05) is 0 Å². The van der Waals surface area contributed by atoms with Crippen molar-refractivity contribution in [2.24, 2.45) is 11.3 Å². The van der Waals surface area contributed by atoms with Crippen molar-refractivity contribution in [2.75, 3.05) is 53.1 Å². The zero-order chi connectivity index (χ0) is 14.5. The predicted octanol–water partition coefficient (Wildman–Crippen LogP) is 1.89. The van der Waals surface area contributed by atoms with Crippen molar-refractivity contribution in [3.05, 3.63) is 0 Å². The van der Waals surface area contributed by atoms with Crippen LogP contribution >= 0.6 is 0 Å². The van der Waals surface area contributed by atoms with Gasteiger partial charge in [-0.05, 0) is 51.5 Å². The van der Waals surface area contributed by atoms with E-state index in [0.717, 1.165) is 58.0 Å². The van der Waals surface area contributed by atoms with E-state index >= 15 is 0 Å². The van der Waals surface area contributed by atoms with Crippen LogP contribution < -0.4 is 5.32 Å². The first-order valence-electron chi connectivity index (χ1n) is 8.83. The lowest BCUT2D eigenvalue weighted by Crippen LogP contribution is -2.49. The minimum Gasteiger partial charge on any atom is -0.381 e. The molecule has 2 saturated carbocycles. The van der Waals surface area contributed by atoms with Crippen LogP contribution in [0.2, 0.25) is 0 Å². The Morgan fingerprint density at radius 1 is 1.29 bits per heavy atom. The third kappa shape index (κ3) is 5.51. The Morgan fingerprint density at radius 3 is 2.81 bits per heavy atom. The van der Waals surface area contributed by atoms with Crippen LogP contribution in [0.5, 0.6) is 0 Å². The van der Waals surface area contributed by atoms with E-state index < -0.39 is 0 Å². The molecule has 0 aromatic rings. The van der Waals surface area contributed by atoms with E-state index in [1.807, 2.05) is 0 Å². The van der Waals surface area contributed by atoms with Gasteiger partial charge < -0.3 is 19.7 Å². The van der Waals surface area contributed by atoms with Gasteiger partial charge in [-0.3, -0.25) is 0 Å². The maximum atomic E-state index is 5.81. The maximum absolute atomic E-state index is 5.81. The third-order valence-electron chi connectivity index (χ3n) is 5.02. The molecule has 21 heavy (non-hydrogen) atoms. The molecule has 1 saturated heterocycles. The summed E-state index contributed by atoms with van der Waals surface area (Å²) in [5, 5.41) is 3.73. The van der Waals surface area contributed by atoms with Gasteiger partial charge in [-0.25, -0.2) is 0 Å². The summed E-state index contributed by atoms with van der Waals surface area (Å²) in [7, 11) is 2.23. The fourth-order valence-electron chi connectivity index (χ4n) is 3.28. The SMILES string of the molecule is CN(CCOCC1CC1)CC1(CNC2CC2)CCCOC1. The molecule has 3 fully saturated rings. The summed E-state index contributed by atoms with van der Waals surface area (Å²) >= 11 is 0. The Balaban J connectivity index is 1.38. The van der Waals surface area contributed by atoms with Crippen molar-refractivity contribution in [1.82, 2.24) is 10.2 Å². The van der Waals surface area contributed by atoms with Gasteiger partial charge in [0.05, 0.1) is 13.2 Å². The van der Waals surface area contributed by atoms with E-state index in [1.165, 1.54) is 38.5 Å². The van der Waals surface area contributed by atoms with E-state index in [4.69, 9.17) is 9.47 Å². The van der Waals surface area contributed by atoms with E-state index in [9.17, 15) is 0 Å². The van der Waals surface area contributed by atoms with Crippen LogP contribution in [0.3, 0.4) is 0 Å². The fraction of sp³-hybridized carbons (Fsp3) is 1.00. The lowest BCUT2D eigenvalue weighted by molar-refractivity contribution is -0.0261. The summed E-state index contributed by atoms with van der Waals surface area (Å²) in [6, 6.07) is 0.788. The third-order valence-corrected chi connectivity index (χ3v) is 5.02. The molecule has 2 aliphatic carbocycles. The molecule has 122 valence electrons. The van der Waals surface area contributed by atoms with Crippen molar-refractivity contribution in [1.29, 1.82) is 0 Å². The number of likely N-dealkylation sites (N-methyl/N-ethyl adjacent to an activating group) is 1. The first kappa shape index (κ1) is 15.7. The molecule has 1 aliphatic heterocycles. The second kappa shape index (κ2) is 7.40. The molecule has 0 aromatic heterocycles. The smallest absolute Gasteiger partial charge is 0.0593 e. The first-order chi connectivity index (χ1) is 10.3. The predicted molar refractivity (Wildman–Crippen MR) is 84.6 cm³/mol. The highest BCUT2D eigenvalue weighted by molar-refractivity contribution is 4.90. The molecule has 4 nitrogen and oxygen atoms in total. The number of nitrogens with one attached hydrogen (secondary N) is 1. The number of rotatable bonds is 10. The zero-order valence-electron chi connectivity index (χ0n) is 13.6. The largest absolute Gasteiger partial charge is 0.381 e. The summed E-state index contributed by atoms with van der Waals surface area (Å²) in [5.74, 6) is 0.871. The average molecular weight is 296 g/mol. The van der Waals surface area contributed by atoms with Crippen LogP contribution in [0.1, 0.15) is 38.5 Å². The van der Waals surface area contributed by atoms with Crippen LogP contribution in [0.4, 0.5) is 0 Å². The fourth-order valence-corrected chi connectivity index (χ4v) is 3.28. The lowest BCUT2D eigenvalue weighted by Gasteiger charge is -2.40. The number of hydrogen-bond donors (Lipinski definition) is 1. The number of hydrogen-bond acceptors (Lipinski definition) is 4. The summed E-state index contributed by atoms with van der Waals surface area (Å²) in [5.41, 5.74) is 0.312. The minimum absolute atomic E-state index is 0.312. The molecule has 0 radical (unpaired) electrons. The molecule has 1 N–H and O–H groups in total. The Hall–Kier alpha value is -0.160. The second-order valence-electron chi connectivity index (χ2n) is 7.57. The molecule has 0 spiro atoms. The topological polar surface area (TPSA) is 33.7 Å². The summed E-state index contributed by atoms with van der Waals surface area (Å²) < 4.78 is 11.6. The van der Waals surface area contributed by atoms with Crippen LogP contribution in [0, 0.1) is 11.3 Å². The number of ether oxygens (including phenoxy) is 2. The molecule has 0 amide bonds. The highest BCUT2D eigenvalue weighted by Crippen LogP contribution is 2.31. The van der Waals surface area contributed by atoms with Crippen molar-refractivity contribution in [3.63, 3.8) is 0 Å². The molecular weight excluding hydrogens is 264 g/mol. The number of nitrogens with zero attached hydrogens (tertiary/aromatic N) is 1. The minimum atomic E-state index is 0.312. The molecular formula is C17H32N2O2. The Bertz CT molecular complexity index is 310. The van der Waals surface area contributed by atoms with Crippen LogP contribution in [-0.4, -0.2) is 64.1 Å². The van der Waals surface area contributed by atoms with Gasteiger partial charge in [0.15, 0.2) is 0 Å². The molecule has 0 aromatic carbocycles. The van der Waals surface area contributed by atoms with Gasteiger partial charge in [0, 0.05) is 44.3 Å². The Morgan fingerprint density at radius 2 is 2.14 bits per heavy atom. The van der Waals surface area contributed by atoms with E-state index in [0.29, 0.717) is 5.41 Å². The molecule has 1 unspecified atom stereocenters. The zero-order valence-corrected chi connectivity index (χ0v) is 13.6. The van der Waals surface area contributed by atoms with Gasteiger partial charge in [-0.2, -0.15) is 0 Å². The summed E-state index contributed by atoms with van der Waals surface area (Å²) in [6.07, 6.45) is 7.98. The van der Waals surface area contributed by atoms with Gasteiger partial charge in [0.2, 0.25) is 0 Å². The highest BCUT2D eigenvalue weighted by atomic mass is 16.5. The average Bonchev–Trinajstić information content (AvgIpc) is 3.38. The van der Waals surface area contributed by atoms with Gasteiger partial charge in [-0.15, -0.1) is 0 Å². The van der Waals surface area contributed by atoms with E-state index in [-0.39, 0.29) is 0 Å². The lowest BCUT2D eigenvalue weighted by atomic mass is 9.81. The summed E-state index contributed by atoms with van der Waals surface area (Å²) in [4.78, 5) is 2.44. The Labute approximate surface area is 129 Å². The Kier molecular flexibility index (Phi) is 5.54. The van der Waals surface area contributed by atoms with Crippen molar-refractivity contribution < 1.29 is 9.47 Å². The molecule has 3 rings (SSSR count). The van der Waals surface area contributed by atoms with Crippen LogP contribution in [-0.2, 0) is 9.47 Å². The first-order valence-corrected chi connectivity index (χ1v) is 8.83. The molecule has 3 aliphatic rings. The van der Waals surface area contributed by atoms with Crippen LogP contribution in [0.15, 0.2) is 0 Å². The van der Waals surface area contributed by atoms with E-state index in [2.05, 4.69) is 17.3 Å². The summed E-state index contributed by atoms with van der Waals surface area (Å²) in [6.45, 7) is 6.99. The normalized spacial score (nSPS) is 30.0. The van der Waals surface area contributed by atoms with Gasteiger partial charge in [0.1, 0.15) is 0 Å². The van der Waals surface area contributed by atoms with Crippen molar-refractivity contribution in [3.8, 4) is 0 Å². The van der Waals surface area contributed by atoms with Crippen LogP contribution in [0.25, 0.3) is 0 Å². The van der Waals surface area contributed by atoms with Crippen molar-refractivity contribution >= 4 is 0 Å². The standard InChI is InChI=1S/C17H32N2O2/c1-19(8-10-20-11-15-3-4-15)13-17(7-2-9-21-14-17)12-18-16-5-6-16/h15-16,18H,2-14H2,1H3. The quantitative estimate of drug-likeness (QED) is 0.624. The van der Waals surface area contributed by atoms with Crippen molar-refractivity contribution in [2.45, 2.75) is 44.6 Å². The van der Waals surface area contributed by atoms with E-state index in [1.54, 1.807) is 0 Å². The molecule has 0 bridgehead atoms. The molecule has 1 heterocycles. The molecule has 4 heteroatoms. The second-order valence-corrected chi connectivity index (χ2v) is 7.57. The monoisotopic (exact) mass is 296 g/mol. The van der Waals surface area contributed by atoms with Gasteiger partial charge in [0.25, 0.3) is 0 Å².